The number of sulfone groups is 1. The van der Waals surface area contributed by atoms with Crippen LogP contribution in [0.15, 0.2) is 0 Å². The Balaban J connectivity index is 4.20. The summed E-state index contributed by atoms with van der Waals surface area (Å²) in [5.74, 6) is -2.83. The molecular weight excluding hydrogens is 292 g/mol. The average Bonchev–Trinajstić information content (AvgIpc) is 2.33. The second-order valence-electron chi connectivity index (χ2n) is 3.96. The summed E-state index contributed by atoms with van der Waals surface area (Å²) in [6.07, 6.45) is -0.660. The maximum Gasteiger partial charge on any atom is 0.326 e. The number of carboxylic acid groups (broad SMARTS) is 2. The first-order valence-electron chi connectivity index (χ1n) is 5.87. The van der Waals surface area contributed by atoms with Crippen LogP contribution in [-0.4, -0.2) is 60.7 Å². The number of urea groups is 1. The zero-order chi connectivity index (χ0) is 15.8. The summed E-state index contributed by atoms with van der Waals surface area (Å²) in [6.45, 7) is 1.33. The van der Waals surface area contributed by atoms with E-state index >= 15 is 0 Å². The topological polar surface area (TPSA) is 150 Å². The Morgan fingerprint density at radius 2 is 1.80 bits per heavy atom. The fourth-order valence-corrected chi connectivity index (χ4v) is 1.90. The Kier molecular flexibility index (Phi) is 7.59. The zero-order valence-corrected chi connectivity index (χ0v) is 11.8. The molecule has 0 rings (SSSR count). The van der Waals surface area contributed by atoms with E-state index in [2.05, 4.69) is 10.6 Å². The minimum absolute atomic E-state index is 0.0489. The summed E-state index contributed by atoms with van der Waals surface area (Å²) < 4.78 is 22.3. The van der Waals surface area contributed by atoms with Gasteiger partial charge in [-0.15, -0.1) is 0 Å². The van der Waals surface area contributed by atoms with Gasteiger partial charge >= 0.3 is 18.0 Å². The van der Waals surface area contributed by atoms with Gasteiger partial charge in [0.15, 0.2) is 9.84 Å². The van der Waals surface area contributed by atoms with Crippen LogP contribution >= 0.6 is 0 Å². The van der Waals surface area contributed by atoms with Gasteiger partial charge in [-0.25, -0.2) is 18.0 Å². The molecular formula is C10H18N2O7S. The fraction of sp³-hybridized carbons (Fsp3) is 0.700. The quantitative estimate of drug-likeness (QED) is 0.428. The molecule has 0 aliphatic heterocycles. The van der Waals surface area contributed by atoms with Crippen molar-refractivity contribution in [3.05, 3.63) is 0 Å². The summed E-state index contributed by atoms with van der Waals surface area (Å²) in [5, 5.41) is 21.5. The van der Waals surface area contributed by atoms with Crippen LogP contribution in [0.2, 0.25) is 0 Å². The van der Waals surface area contributed by atoms with E-state index in [0.717, 1.165) is 0 Å². The van der Waals surface area contributed by atoms with E-state index in [0.29, 0.717) is 0 Å². The fourth-order valence-electron chi connectivity index (χ4n) is 1.20. The van der Waals surface area contributed by atoms with Crippen LogP contribution in [-0.2, 0) is 19.4 Å². The van der Waals surface area contributed by atoms with Gasteiger partial charge in [-0.05, 0) is 6.42 Å². The van der Waals surface area contributed by atoms with Crippen molar-refractivity contribution in [1.82, 2.24) is 10.6 Å². The summed E-state index contributed by atoms with van der Waals surface area (Å²) in [5.41, 5.74) is 0. The Morgan fingerprint density at radius 3 is 2.25 bits per heavy atom. The summed E-state index contributed by atoms with van der Waals surface area (Å²) in [6, 6.07) is -2.19. The molecule has 0 radical (unpaired) electrons. The SMILES string of the molecule is CCS(=O)(=O)CCNC(=O)NC(CCC(=O)O)C(=O)O. The molecule has 4 N–H and O–H groups in total. The predicted octanol–water partition coefficient (Wildman–Crippen LogP) is -0.962. The van der Waals surface area contributed by atoms with Gasteiger partial charge in [0.2, 0.25) is 0 Å². The molecule has 0 saturated heterocycles. The molecule has 0 aliphatic rings. The normalized spacial score (nSPS) is 12.4. The third-order valence-electron chi connectivity index (χ3n) is 2.39. The highest BCUT2D eigenvalue weighted by atomic mass is 32.2. The maximum absolute atomic E-state index is 11.3. The minimum Gasteiger partial charge on any atom is -0.481 e. The lowest BCUT2D eigenvalue weighted by atomic mass is 10.1. The zero-order valence-electron chi connectivity index (χ0n) is 11.0. The first-order valence-corrected chi connectivity index (χ1v) is 7.69. The molecule has 10 heteroatoms. The number of aliphatic carboxylic acids is 2. The lowest BCUT2D eigenvalue weighted by Gasteiger charge is -2.14. The highest BCUT2D eigenvalue weighted by Crippen LogP contribution is 1.98. The molecule has 1 unspecified atom stereocenters. The van der Waals surface area contributed by atoms with Crippen molar-refractivity contribution in [2.45, 2.75) is 25.8 Å². The number of nitrogens with one attached hydrogen (secondary N) is 2. The third-order valence-corrected chi connectivity index (χ3v) is 4.09. The van der Waals surface area contributed by atoms with Gasteiger partial charge in [0.1, 0.15) is 6.04 Å². The molecule has 0 aromatic rings. The van der Waals surface area contributed by atoms with Crippen LogP contribution in [0, 0.1) is 0 Å². The molecule has 2 amide bonds. The van der Waals surface area contributed by atoms with Crippen molar-refractivity contribution in [1.29, 1.82) is 0 Å². The Hall–Kier alpha value is -1.84. The van der Waals surface area contributed by atoms with Crippen LogP contribution in [0.3, 0.4) is 0 Å². The van der Waals surface area contributed by atoms with Crippen LogP contribution in [0.4, 0.5) is 4.79 Å². The van der Waals surface area contributed by atoms with Crippen molar-refractivity contribution in [3.8, 4) is 0 Å². The van der Waals surface area contributed by atoms with Crippen molar-refractivity contribution in [2.24, 2.45) is 0 Å². The highest BCUT2D eigenvalue weighted by Gasteiger charge is 2.20. The predicted molar refractivity (Wildman–Crippen MR) is 69.2 cm³/mol. The monoisotopic (exact) mass is 310 g/mol. The van der Waals surface area contributed by atoms with Crippen LogP contribution in [0.5, 0.6) is 0 Å². The van der Waals surface area contributed by atoms with E-state index in [1.165, 1.54) is 6.92 Å². The number of hydrogen-bond acceptors (Lipinski definition) is 5. The molecule has 0 spiro atoms. The second kappa shape index (κ2) is 8.35. The van der Waals surface area contributed by atoms with Crippen molar-refractivity contribution >= 4 is 27.8 Å². The Morgan fingerprint density at radius 1 is 1.20 bits per heavy atom. The van der Waals surface area contributed by atoms with E-state index in [9.17, 15) is 22.8 Å². The van der Waals surface area contributed by atoms with Crippen LogP contribution in [0.1, 0.15) is 19.8 Å². The van der Waals surface area contributed by atoms with Gasteiger partial charge in [0.25, 0.3) is 0 Å². The standard InChI is InChI=1S/C10H18N2O7S/c1-2-20(18,19)6-5-11-10(17)12-7(9(15)16)3-4-8(13)14/h7H,2-6H2,1H3,(H,13,14)(H,15,16)(H2,11,12,17). The first-order chi connectivity index (χ1) is 9.18. The molecule has 0 aromatic heterocycles. The molecule has 0 fully saturated rings. The number of hydrogen-bond donors (Lipinski definition) is 4. The molecule has 0 aliphatic carbocycles. The molecule has 9 nitrogen and oxygen atoms in total. The van der Waals surface area contributed by atoms with Gasteiger partial charge in [0.05, 0.1) is 5.75 Å². The summed E-state index contributed by atoms with van der Waals surface area (Å²) >= 11 is 0. The molecule has 20 heavy (non-hydrogen) atoms. The number of amides is 2. The number of carboxylic acids is 2. The molecule has 1 atom stereocenters. The molecule has 0 heterocycles. The molecule has 0 aromatic carbocycles. The number of carbonyl (C=O) groups excluding carboxylic acids is 1. The van der Waals surface area contributed by atoms with E-state index in [1.54, 1.807) is 0 Å². The van der Waals surface area contributed by atoms with E-state index in [-0.39, 0.29) is 24.5 Å². The van der Waals surface area contributed by atoms with Gasteiger partial charge in [0, 0.05) is 18.7 Å². The van der Waals surface area contributed by atoms with Crippen molar-refractivity contribution in [3.63, 3.8) is 0 Å². The highest BCUT2D eigenvalue weighted by molar-refractivity contribution is 7.91. The van der Waals surface area contributed by atoms with Gasteiger partial charge < -0.3 is 20.8 Å². The second-order valence-corrected chi connectivity index (χ2v) is 6.43. The average molecular weight is 310 g/mol. The summed E-state index contributed by atoms with van der Waals surface area (Å²) in [7, 11) is -3.22. The Bertz CT molecular complexity index is 460. The largest absolute Gasteiger partial charge is 0.481 e. The number of carbonyl (C=O) groups is 3. The third kappa shape index (κ3) is 8.29. The van der Waals surface area contributed by atoms with Gasteiger partial charge in [-0.2, -0.15) is 0 Å². The maximum atomic E-state index is 11.3. The van der Waals surface area contributed by atoms with Crippen molar-refractivity contribution in [2.75, 3.05) is 18.1 Å². The molecule has 0 saturated carbocycles. The summed E-state index contributed by atoms with van der Waals surface area (Å²) in [4.78, 5) is 32.5. The molecule has 0 bridgehead atoms. The van der Waals surface area contributed by atoms with Gasteiger partial charge in [-0.1, -0.05) is 6.92 Å². The number of rotatable bonds is 9. The van der Waals surface area contributed by atoms with E-state index < -0.39 is 40.3 Å². The Labute approximate surface area is 116 Å². The van der Waals surface area contributed by atoms with Crippen LogP contribution < -0.4 is 10.6 Å². The lowest BCUT2D eigenvalue weighted by Crippen LogP contribution is -2.47. The van der Waals surface area contributed by atoms with Gasteiger partial charge in [-0.3, -0.25) is 4.79 Å². The van der Waals surface area contributed by atoms with Crippen molar-refractivity contribution < 1.29 is 33.0 Å². The van der Waals surface area contributed by atoms with E-state index in [4.69, 9.17) is 10.2 Å². The smallest absolute Gasteiger partial charge is 0.326 e. The van der Waals surface area contributed by atoms with E-state index in [1.807, 2.05) is 0 Å². The molecule has 116 valence electrons. The van der Waals surface area contributed by atoms with Crippen LogP contribution in [0.25, 0.3) is 0 Å². The minimum atomic E-state index is -3.22. The lowest BCUT2D eigenvalue weighted by molar-refractivity contribution is -0.140. The first kappa shape index (κ1) is 18.2.